The molecule has 0 bridgehead atoms. The molecule has 0 aliphatic carbocycles. The molecule has 1 aromatic rings. The Morgan fingerprint density at radius 1 is 1.62 bits per heavy atom. The highest BCUT2D eigenvalue weighted by molar-refractivity contribution is 14.1. The first kappa shape index (κ1) is 14.3. The van der Waals surface area contributed by atoms with E-state index in [-0.39, 0.29) is 5.91 Å². The first-order valence-electron chi connectivity index (χ1n) is 4.83. The van der Waals surface area contributed by atoms with Crippen molar-refractivity contribution >= 4 is 56.0 Å². The van der Waals surface area contributed by atoms with Crippen LogP contribution in [-0.4, -0.2) is 17.8 Å². The minimum atomic E-state index is -0.0777. The monoisotopic (exact) mass is 415 g/mol. The fourth-order valence-corrected chi connectivity index (χ4v) is 1.81. The van der Waals surface area contributed by atoms with Crippen LogP contribution < -0.4 is 5.32 Å². The Hall–Kier alpha value is 0.190. The zero-order valence-electron chi connectivity index (χ0n) is 8.77. The molecule has 0 saturated carbocycles. The maximum absolute atomic E-state index is 11.7. The average Bonchev–Trinajstić information content (AvgIpc) is 2.29. The van der Waals surface area contributed by atoms with Gasteiger partial charge in [-0.15, -0.1) is 0 Å². The molecule has 0 spiro atoms. The van der Waals surface area contributed by atoms with Crippen LogP contribution in [0, 0.1) is 9.49 Å². The van der Waals surface area contributed by atoms with Crippen LogP contribution in [0.2, 0.25) is 5.02 Å². The second-order valence-electron chi connectivity index (χ2n) is 3.60. The Balaban J connectivity index is 2.63. The van der Waals surface area contributed by atoms with Crippen molar-refractivity contribution in [3.05, 3.63) is 32.4 Å². The van der Waals surface area contributed by atoms with E-state index in [1.165, 1.54) is 0 Å². The van der Waals surface area contributed by atoms with E-state index in [1.54, 1.807) is 12.1 Å². The van der Waals surface area contributed by atoms with Gasteiger partial charge >= 0.3 is 0 Å². The van der Waals surface area contributed by atoms with Crippen molar-refractivity contribution in [3.63, 3.8) is 0 Å². The zero-order valence-corrected chi connectivity index (χ0v) is 13.3. The maximum Gasteiger partial charge on any atom is 0.251 e. The molecule has 1 amide bonds. The van der Waals surface area contributed by atoms with Crippen LogP contribution in [0.1, 0.15) is 17.3 Å². The average molecular weight is 416 g/mol. The Labute approximate surface area is 122 Å². The van der Waals surface area contributed by atoms with E-state index in [0.29, 0.717) is 23.0 Å². The Bertz CT molecular complexity index is 386. The molecular formula is C11H12BrClINO. The molecule has 5 heteroatoms. The van der Waals surface area contributed by atoms with Crippen molar-refractivity contribution in [2.24, 2.45) is 5.92 Å². The van der Waals surface area contributed by atoms with E-state index in [0.717, 1.165) is 8.90 Å². The number of alkyl halides is 1. The van der Waals surface area contributed by atoms with Crippen LogP contribution in [0.15, 0.2) is 18.2 Å². The smallest absolute Gasteiger partial charge is 0.251 e. The standard InChI is InChI=1S/C11H12BrClINO/c1-7(5-12)6-15-11(16)8-2-3-10(14)9(13)4-8/h2-4,7H,5-6H2,1H3,(H,15,16). The molecular weight excluding hydrogens is 404 g/mol. The van der Waals surface area contributed by atoms with Gasteiger partial charge in [-0.2, -0.15) is 0 Å². The largest absolute Gasteiger partial charge is 0.352 e. The van der Waals surface area contributed by atoms with Crippen molar-refractivity contribution in [1.82, 2.24) is 5.32 Å². The Kier molecular flexibility index (Phi) is 6.07. The molecule has 1 rings (SSSR count). The number of amides is 1. The Morgan fingerprint density at radius 3 is 2.88 bits per heavy atom. The molecule has 1 unspecified atom stereocenters. The highest BCUT2D eigenvalue weighted by Crippen LogP contribution is 2.19. The van der Waals surface area contributed by atoms with Gasteiger partial charge in [0.1, 0.15) is 0 Å². The van der Waals surface area contributed by atoms with E-state index in [9.17, 15) is 4.79 Å². The zero-order chi connectivity index (χ0) is 12.1. The molecule has 0 aliphatic rings. The van der Waals surface area contributed by atoms with Crippen LogP contribution in [0.25, 0.3) is 0 Å². The molecule has 0 saturated heterocycles. The fraction of sp³-hybridized carbons (Fsp3) is 0.364. The summed E-state index contributed by atoms with van der Waals surface area (Å²) in [7, 11) is 0. The van der Waals surface area contributed by atoms with Crippen molar-refractivity contribution in [3.8, 4) is 0 Å². The fourth-order valence-electron chi connectivity index (χ4n) is 1.06. The number of carbonyl (C=O) groups is 1. The quantitative estimate of drug-likeness (QED) is 0.589. The van der Waals surface area contributed by atoms with E-state index in [2.05, 4.69) is 50.8 Å². The van der Waals surface area contributed by atoms with Crippen LogP contribution >= 0.6 is 50.1 Å². The van der Waals surface area contributed by atoms with Gasteiger partial charge in [0, 0.05) is 21.0 Å². The number of rotatable bonds is 4. The maximum atomic E-state index is 11.7. The lowest BCUT2D eigenvalue weighted by molar-refractivity contribution is 0.0949. The van der Waals surface area contributed by atoms with Crippen molar-refractivity contribution in [1.29, 1.82) is 0 Å². The predicted octanol–water partition coefficient (Wildman–Crippen LogP) is 3.71. The van der Waals surface area contributed by atoms with E-state index in [1.807, 2.05) is 6.07 Å². The van der Waals surface area contributed by atoms with Crippen molar-refractivity contribution < 1.29 is 4.79 Å². The molecule has 2 nitrogen and oxygen atoms in total. The minimum absolute atomic E-state index is 0.0777. The summed E-state index contributed by atoms with van der Waals surface area (Å²) in [5.74, 6) is 0.342. The third-order valence-corrected chi connectivity index (χ3v) is 4.73. The molecule has 1 atom stereocenters. The summed E-state index contributed by atoms with van der Waals surface area (Å²) in [4.78, 5) is 11.7. The third kappa shape index (κ3) is 4.22. The first-order chi connectivity index (χ1) is 7.54. The van der Waals surface area contributed by atoms with Crippen LogP contribution in [0.3, 0.4) is 0 Å². The summed E-state index contributed by atoms with van der Waals surface area (Å²) in [6.07, 6.45) is 0. The number of benzene rings is 1. The lowest BCUT2D eigenvalue weighted by Gasteiger charge is -2.09. The van der Waals surface area contributed by atoms with Gasteiger partial charge < -0.3 is 5.32 Å². The van der Waals surface area contributed by atoms with Gasteiger partial charge in [0.15, 0.2) is 0 Å². The second-order valence-corrected chi connectivity index (χ2v) is 5.82. The Morgan fingerprint density at radius 2 is 2.31 bits per heavy atom. The van der Waals surface area contributed by atoms with Gasteiger partial charge in [0.05, 0.1) is 5.02 Å². The molecule has 0 heterocycles. The summed E-state index contributed by atoms with van der Waals surface area (Å²) in [6.45, 7) is 2.73. The van der Waals surface area contributed by atoms with E-state index < -0.39 is 0 Å². The minimum Gasteiger partial charge on any atom is -0.352 e. The number of carbonyl (C=O) groups excluding carboxylic acids is 1. The highest BCUT2D eigenvalue weighted by Gasteiger charge is 2.08. The first-order valence-corrected chi connectivity index (χ1v) is 7.41. The van der Waals surface area contributed by atoms with Gasteiger partial charge in [0.25, 0.3) is 5.91 Å². The van der Waals surface area contributed by atoms with Gasteiger partial charge in [-0.25, -0.2) is 0 Å². The van der Waals surface area contributed by atoms with E-state index in [4.69, 9.17) is 11.6 Å². The second kappa shape index (κ2) is 6.81. The summed E-state index contributed by atoms with van der Waals surface area (Å²) < 4.78 is 0.949. The number of nitrogens with one attached hydrogen (secondary N) is 1. The molecule has 16 heavy (non-hydrogen) atoms. The van der Waals surface area contributed by atoms with Crippen LogP contribution in [0.4, 0.5) is 0 Å². The van der Waals surface area contributed by atoms with Gasteiger partial charge in [-0.3, -0.25) is 4.79 Å². The van der Waals surface area contributed by atoms with E-state index >= 15 is 0 Å². The van der Waals surface area contributed by atoms with Gasteiger partial charge in [-0.05, 0) is 46.7 Å². The normalized spacial score (nSPS) is 12.2. The van der Waals surface area contributed by atoms with Crippen LogP contribution in [0.5, 0.6) is 0 Å². The topological polar surface area (TPSA) is 29.1 Å². The lowest BCUT2D eigenvalue weighted by Crippen LogP contribution is -2.28. The van der Waals surface area contributed by atoms with Crippen molar-refractivity contribution in [2.45, 2.75) is 6.92 Å². The molecule has 0 fully saturated rings. The number of hydrogen-bond acceptors (Lipinski definition) is 1. The summed E-state index contributed by atoms with van der Waals surface area (Å²) in [6, 6.07) is 5.31. The van der Waals surface area contributed by atoms with Gasteiger partial charge in [-0.1, -0.05) is 34.5 Å². The SMILES string of the molecule is CC(CBr)CNC(=O)c1ccc(I)c(Cl)c1. The summed E-state index contributed by atoms with van der Waals surface area (Å²) in [5, 5.41) is 4.35. The van der Waals surface area contributed by atoms with Crippen molar-refractivity contribution in [2.75, 3.05) is 11.9 Å². The highest BCUT2D eigenvalue weighted by atomic mass is 127. The summed E-state index contributed by atoms with van der Waals surface area (Å²) >= 11 is 11.5. The molecule has 0 aromatic heterocycles. The molecule has 1 N–H and O–H groups in total. The lowest BCUT2D eigenvalue weighted by atomic mass is 10.2. The molecule has 0 radical (unpaired) electrons. The predicted molar refractivity (Wildman–Crippen MR) is 79.5 cm³/mol. The number of hydrogen-bond donors (Lipinski definition) is 1. The third-order valence-electron chi connectivity index (χ3n) is 2.06. The summed E-state index contributed by atoms with van der Waals surface area (Å²) in [5.41, 5.74) is 0.604. The van der Waals surface area contributed by atoms with Gasteiger partial charge in [0.2, 0.25) is 0 Å². The molecule has 1 aromatic carbocycles. The van der Waals surface area contributed by atoms with Crippen LogP contribution in [-0.2, 0) is 0 Å². The molecule has 88 valence electrons. The number of halogens is 3. The molecule has 0 aliphatic heterocycles.